The summed E-state index contributed by atoms with van der Waals surface area (Å²) in [5.74, 6) is -1.09. The molecular formula is C13H14O6. The van der Waals surface area contributed by atoms with E-state index in [0.29, 0.717) is 6.29 Å². The second-order valence-electron chi connectivity index (χ2n) is 3.43. The number of ether oxygens (including phenoxy) is 3. The van der Waals surface area contributed by atoms with E-state index in [1.165, 1.54) is 12.1 Å². The number of esters is 2. The summed E-state index contributed by atoms with van der Waals surface area (Å²) in [7, 11) is 0. The molecular weight excluding hydrogens is 252 g/mol. The van der Waals surface area contributed by atoms with Crippen molar-refractivity contribution < 1.29 is 28.6 Å². The molecule has 0 saturated heterocycles. The summed E-state index contributed by atoms with van der Waals surface area (Å²) in [6.45, 7) is 1.20. The van der Waals surface area contributed by atoms with Crippen LogP contribution in [0, 0.1) is 0 Å². The summed E-state index contributed by atoms with van der Waals surface area (Å²) in [4.78, 5) is 33.0. The zero-order valence-electron chi connectivity index (χ0n) is 10.5. The molecule has 0 aliphatic rings. The number of hydrogen-bond donors (Lipinski definition) is 0. The van der Waals surface area contributed by atoms with E-state index in [0.717, 1.165) is 0 Å². The molecule has 0 aromatic heterocycles. The zero-order valence-corrected chi connectivity index (χ0v) is 10.5. The molecule has 1 aromatic rings. The van der Waals surface area contributed by atoms with Crippen LogP contribution in [0.2, 0.25) is 0 Å². The van der Waals surface area contributed by atoms with E-state index in [4.69, 9.17) is 9.47 Å². The standard InChI is InChI=1S/C13H14O6/c1-2-18-12(15)8-17-9-13(16)19-11-6-4-3-5-10(11)7-14/h3-7H,2,8-9H2,1H3. The number of aldehydes is 1. The first kappa shape index (κ1) is 14.8. The SMILES string of the molecule is CCOC(=O)COCC(=O)Oc1ccccc1C=O. The third-order valence-corrected chi connectivity index (χ3v) is 2.01. The van der Waals surface area contributed by atoms with Gasteiger partial charge in [-0.2, -0.15) is 0 Å². The molecule has 0 fully saturated rings. The van der Waals surface area contributed by atoms with Gasteiger partial charge >= 0.3 is 11.9 Å². The van der Waals surface area contributed by atoms with Gasteiger partial charge in [0.15, 0.2) is 6.29 Å². The fourth-order valence-electron chi connectivity index (χ4n) is 1.24. The summed E-state index contributed by atoms with van der Waals surface area (Å²) < 4.78 is 14.4. The second kappa shape index (κ2) is 7.99. The number of para-hydroxylation sites is 1. The molecule has 6 heteroatoms. The Hall–Kier alpha value is -2.21. The zero-order chi connectivity index (χ0) is 14.1. The van der Waals surface area contributed by atoms with Gasteiger partial charge in [0, 0.05) is 0 Å². The Morgan fingerprint density at radius 1 is 1.16 bits per heavy atom. The Labute approximate surface area is 110 Å². The molecule has 0 spiro atoms. The minimum Gasteiger partial charge on any atom is -0.464 e. The van der Waals surface area contributed by atoms with Gasteiger partial charge in [-0.25, -0.2) is 9.59 Å². The molecule has 1 rings (SSSR count). The normalized spacial score (nSPS) is 9.74. The lowest BCUT2D eigenvalue weighted by molar-refractivity contribution is -0.151. The van der Waals surface area contributed by atoms with E-state index >= 15 is 0 Å². The Morgan fingerprint density at radius 3 is 2.53 bits per heavy atom. The molecule has 0 saturated carbocycles. The van der Waals surface area contributed by atoms with Gasteiger partial charge in [0.05, 0.1) is 12.2 Å². The van der Waals surface area contributed by atoms with Gasteiger partial charge in [0.2, 0.25) is 0 Å². The van der Waals surface area contributed by atoms with Crippen molar-refractivity contribution in [3.05, 3.63) is 29.8 Å². The third-order valence-electron chi connectivity index (χ3n) is 2.01. The van der Waals surface area contributed by atoms with E-state index in [1.807, 2.05) is 0 Å². The lowest BCUT2D eigenvalue weighted by atomic mass is 10.2. The Bertz CT molecular complexity index is 454. The van der Waals surface area contributed by atoms with Crippen LogP contribution in [0.25, 0.3) is 0 Å². The predicted molar refractivity (Wildman–Crippen MR) is 64.9 cm³/mol. The molecule has 0 atom stereocenters. The van der Waals surface area contributed by atoms with Crippen LogP contribution in [-0.4, -0.2) is 38.0 Å². The van der Waals surface area contributed by atoms with E-state index in [9.17, 15) is 14.4 Å². The lowest BCUT2D eigenvalue weighted by Crippen LogP contribution is -2.20. The van der Waals surface area contributed by atoms with Crippen molar-refractivity contribution in [3.63, 3.8) is 0 Å². The van der Waals surface area contributed by atoms with Gasteiger partial charge in [0.1, 0.15) is 19.0 Å². The number of hydrogen-bond acceptors (Lipinski definition) is 6. The highest BCUT2D eigenvalue weighted by molar-refractivity contribution is 5.82. The van der Waals surface area contributed by atoms with Crippen LogP contribution in [0.5, 0.6) is 5.75 Å². The number of carbonyl (C=O) groups excluding carboxylic acids is 3. The first-order valence-corrected chi connectivity index (χ1v) is 5.65. The summed E-state index contributed by atoms with van der Waals surface area (Å²) in [6.07, 6.45) is 0.585. The Kier molecular flexibility index (Phi) is 6.25. The van der Waals surface area contributed by atoms with Crippen LogP contribution in [0.3, 0.4) is 0 Å². The molecule has 0 aliphatic heterocycles. The van der Waals surface area contributed by atoms with E-state index < -0.39 is 18.5 Å². The molecule has 0 aliphatic carbocycles. The summed E-state index contributed by atoms with van der Waals surface area (Å²) in [5, 5.41) is 0. The number of benzene rings is 1. The van der Waals surface area contributed by atoms with Gasteiger partial charge in [0.25, 0.3) is 0 Å². The average molecular weight is 266 g/mol. The van der Waals surface area contributed by atoms with Gasteiger partial charge in [-0.15, -0.1) is 0 Å². The molecule has 0 heterocycles. The summed E-state index contributed by atoms with van der Waals surface area (Å²) in [6, 6.07) is 6.30. The summed E-state index contributed by atoms with van der Waals surface area (Å²) in [5.41, 5.74) is 0.265. The molecule has 102 valence electrons. The van der Waals surface area contributed by atoms with Gasteiger partial charge in [-0.1, -0.05) is 12.1 Å². The Balaban J connectivity index is 2.39. The Morgan fingerprint density at radius 2 is 1.84 bits per heavy atom. The highest BCUT2D eigenvalue weighted by Gasteiger charge is 2.10. The maximum atomic E-state index is 11.4. The minimum absolute atomic E-state index is 0.155. The topological polar surface area (TPSA) is 78.9 Å². The van der Waals surface area contributed by atoms with E-state index in [-0.39, 0.29) is 24.5 Å². The van der Waals surface area contributed by atoms with Crippen molar-refractivity contribution >= 4 is 18.2 Å². The van der Waals surface area contributed by atoms with Crippen LogP contribution in [-0.2, 0) is 19.1 Å². The van der Waals surface area contributed by atoms with Crippen molar-refractivity contribution in [2.45, 2.75) is 6.92 Å². The van der Waals surface area contributed by atoms with E-state index in [1.54, 1.807) is 19.1 Å². The molecule has 0 N–H and O–H groups in total. The molecule has 0 amide bonds. The highest BCUT2D eigenvalue weighted by Crippen LogP contribution is 2.15. The van der Waals surface area contributed by atoms with Crippen molar-refractivity contribution in [2.24, 2.45) is 0 Å². The monoisotopic (exact) mass is 266 g/mol. The van der Waals surface area contributed by atoms with E-state index in [2.05, 4.69) is 4.74 Å². The molecule has 0 unspecified atom stereocenters. The largest absolute Gasteiger partial charge is 0.464 e. The number of rotatable bonds is 7. The maximum Gasteiger partial charge on any atom is 0.337 e. The molecule has 19 heavy (non-hydrogen) atoms. The van der Waals surface area contributed by atoms with Crippen molar-refractivity contribution in [1.82, 2.24) is 0 Å². The quantitative estimate of drug-likeness (QED) is 0.416. The van der Waals surface area contributed by atoms with Gasteiger partial charge < -0.3 is 14.2 Å². The maximum absolute atomic E-state index is 11.4. The molecule has 0 bridgehead atoms. The number of carbonyl (C=O) groups is 3. The smallest absolute Gasteiger partial charge is 0.337 e. The van der Waals surface area contributed by atoms with Crippen molar-refractivity contribution in [1.29, 1.82) is 0 Å². The van der Waals surface area contributed by atoms with Gasteiger partial charge in [-0.05, 0) is 19.1 Å². The fourth-order valence-corrected chi connectivity index (χ4v) is 1.24. The second-order valence-corrected chi connectivity index (χ2v) is 3.43. The van der Waals surface area contributed by atoms with Crippen LogP contribution in [0.15, 0.2) is 24.3 Å². The lowest BCUT2D eigenvalue weighted by Gasteiger charge is -2.06. The van der Waals surface area contributed by atoms with Crippen LogP contribution < -0.4 is 4.74 Å². The third kappa shape index (κ3) is 5.31. The average Bonchev–Trinajstić information content (AvgIpc) is 2.39. The first-order valence-electron chi connectivity index (χ1n) is 5.65. The van der Waals surface area contributed by atoms with Crippen molar-refractivity contribution in [3.8, 4) is 5.75 Å². The van der Waals surface area contributed by atoms with Crippen molar-refractivity contribution in [2.75, 3.05) is 19.8 Å². The molecule has 1 aromatic carbocycles. The molecule has 6 nitrogen and oxygen atoms in total. The summed E-state index contributed by atoms with van der Waals surface area (Å²) >= 11 is 0. The highest BCUT2D eigenvalue weighted by atomic mass is 16.6. The predicted octanol–water partition coefficient (Wildman–Crippen LogP) is 0.984. The fraction of sp³-hybridized carbons (Fsp3) is 0.308. The minimum atomic E-state index is -0.696. The van der Waals surface area contributed by atoms with Crippen LogP contribution in [0.4, 0.5) is 0 Å². The van der Waals surface area contributed by atoms with Crippen LogP contribution >= 0.6 is 0 Å². The first-order chi connectivity index (χ1) is 9.17. The molecule has 0 radical (unpaired) electrons. The van der Waals surface area contributed by atoms with Gasteiger partial charge in [-0.3, -0.25) is 4.79 Å². The van der Waals surface area contributed by atoms with Crippen LogP contribution in [0.1, 0.15) is 17.3 Å².